The van der Waals surface area contributed by atoms with E-state index in [9.17, 15) is 18.3 Å². The van der Waals surface area contributed by atoms with E-state index >= 15 is 0 Å². The van der Waals surface area contributed by atoms with Gasteiger partial charge in [-0.25, -0.2) is 8.42 Å². The Morgan fingerprint density at radius 2 is 1.74 bits per heavy atom. The monoisotopic (exact) mass is 605 g/mol. The second kappa shape index (κ2) is 14.8. The van der Waals surface area contributed by atoms with E-state index in [1.165, 1.54) is 23.5 Å². The van der Waals surface area contributed by atoms with Gasteiger partial charge in [0.15, 0.2) is 6.29 Å². The van der Waals surface area contributed by atoms with Crippen LogP contribution in [0.1, 0.15) is 32.3 Å². The number of carbonyl (C=O) groups is 1. The molecule has 4 rings (SSSR count). The summed E-state index contributed by atoms with van der Waals surface area (Å²) in [5, 5.41) is 11.5. The van der Waals surface area contributed by atoms with Crippen molar-refractivity contribution in [1.29, 1.82) is 0 Å². The van der Waals surface area contributed by atoms with E-state index in [-0.39, 0.29) is 42.3 Å². The van der Waals surface area contributed by atoms with Gasteiger partial charge in [-0.3, -0.25) is 4.79 Å². The molecule has 0 radical (unpaired) electrons. The number of nitrogens with zero attached hydrogens (tertiary/aromatic N) is 1. The minimum absolute atomic E-state index is 0.00610. The Balaban J connectivity index is 1.52. The van der Waals surface area contributed by atoms with Crippen molar-refractivity contribution in [1.82, 2.24) is 4.31 Å². The number of aliphatic hydroxyl groups excluding tert-OH is 1. The van der Waals surface area contributed by atoms with Gasteiger partial charge in [-0.1, -0.05) is 44.2 Å². The maximum atomic E-state index is 13.7. The molecule has 2 aromatic carbocycles. The maximum absolute atomic E-state index is 13.7. The number of sulfonamides is 1. The third-order valence-electron chi connectivity index (χ3n) is 7.84. The van der Waals surface area contributed by atoms with Crippen LogP contribution in [0.4, 0.5) is 0 Å². The number of carbonyl (C=O) groups excluding carboxylic acids is 1. The highest BCUT2D eigenvalue weighted by Gasteiger charge is 2.47. The molecule has 0 saturated carbocycles. The van der Waals surface area contributed by atoms with Gasteiger partial charge >= 0.3 is 5.97 Å². The Morgan fingerprint density at radius 1 is 1.02 bits per heavy atom. The molecular formula is C31H43NO9S. The van der Waals surface area contributed by atoms with Crippen LogP contribution >= 0.6 is 0 Å². The van der Waals surface area contributed by atoms with Crippen molar-refractivity contribution in [3.8, 4) is 5.75 Å². The fraction of sp³-hybridized carbons (Fsp3) is 0.581. The lowest BCUT2D eigenvalue weighted by Gasteiger charge is -2.35. The summed E-state index contributed by atoms with van der Waals surface area (Å²) < 4.78 is 56.7. The van der Waals surface area contributed by atoms with E-state index in [1.807, 2.05) is 44.2 Å². The van der Waals surface area contributed by atoms with Crippen molar-refractivity contribution in [2.75, 3.05) is 40.5 Å². The SMILES string of the molecule is COc1ccc(S(=O)(=O)N(CC(C)C)C[C@@H](O)[C@@H](CC(=O)O[C@H]2CCO[C@H]3OC[C@H](OC)[C@H]32)Cc2ccccc2)cc1. The summed E-state index contributed by atoms with van der Waals surface area (Å²) in [5.41, 5.74) is 0.928. The standard InChI is InChI=1S/C31H43NO9S/c1-21(2)18-32(42(35,36)25-12-10-24(37-3)11-13-25)19-26(33)23(16-22-8-6-5-7-9-22)17-29(34)41-27-14-15-39-31-30(27)28(38-4)20-40-31/h5-13,21,23,26-28,30-31,33H,14-20H2,1-4H3/t23-,26-,27+,28+,30-,31+/m1/s1. The van der Waals surface area contributed by atoms with Crippen LogP contribution in [0.25, 0.3) is 0 Å². The molecule has 2 aliphatic heterocycles. The van der Waals surface area contributed by atoms with E-state index in [0.717, 1.165) is 5.56 Å². The van der Waals surface area contributed by atoms with Crippen molar-refractivity contribution >= 4 is 16.0 Å². The summed E-state index contributed by atoms with van der Waals surface area (Å²) in [6.07, 6.45) is -1.49. The van der Waals surface area contributed by atoms with E-state index in [2.05, 4.69) is 0 Å². The molecule has 42 heavy (non-hydrogen) atoms. The van der Waals surface area contributed by atoms with Crippen LogP contribution in [0.2, 0.25) is 0 Å². The number of fused-ring (bicyclic) bond motifs is 1. The Labute approximate surface area is 248 Å². The van der Waals surface area contributed by atoms with Gasteiger partial charge in [0.25, 0.3) is 0 Å². The van der Waals surface area contributed by atoms with Crippen LogP contribution < -0.4 is 4.74 Å². The normalized spacial score (nSPS) is 23.9. The smallest absolute Gasteiger partial charge is 0.306 e. The zero-order chi connectivity index (χ0) is 30.3. The third-order valence-corrected chi connectivity index (χ3v) is 9.68. The molecule has 11 heteroatoms. The van der Waals surface area contributed by atoms with Gasteiger partial charge in [0.1, 0.15) is 11.9 Å². The number of rotatable bonds is 14. The van der Waals surface area contributed by atoms with Crippen LogP contribution in [0.15, 0.2) is 59.5 Å². The number of hydrogen-bond acceptors (Lipinski definition) is 9. The Morgan fingerprint density at radius 3 is 2.38 bits per heavy atom. The first-order valence-corrected chi connectivity index (χ1v) is 15.9. The molecule has 232 valence electrons. The first-order chi connectivity index (χ1) is 20.1. The van der Waals surface area contributed by atoms with Gasteiger partial charge in [-0.2, -0.15) is 4.31 Å². The number of methoxy groups -OCH3 is 2. The lowest BCUT2D eigenvalue weighted by Crippen LogP contribution is -2.45. The molecule has 0 aliphatic carbocycles. The van der Waals surface area contributed by atoms with E-state index in [1.54, 1.807) is 19.2 Å². The van der Waals surface area contributed by atoms with Crippen LogP contribution in [0.3, 0.4) is 0 Å². The molecule has 2 heterocycles. The molecular weight excluding hydrogens is 562 g/mol. The predicted molar refractivity (Wildman–Crippen MR) is 155 cm³/mol. The lowest BCUT2D eigenvalue weighted by molar-refractivity contribution is -0.200. The highest BCUT2D eigenvalue weighted by atomic mass is 32.2. The average molecular weight is 606 g/mol. The van der Waals surface area contributed by atoms with Crippen molar-refractivity contribution < 1.29 is 42.0 Å². The predicted octanol–water partition coefficient (Wildman–Crippen LogP) is 3.27. The summed E-state index contributed by atoms with van der Waals surface area (Å²) in [4.78, 5) is 13.4. The molecule has 0 unspecified atom stereocenters. The third kappa shape index (κ3) is 8.09. The van der Waals surface area contributed by atoms with Crippen LogP contribution in [-0.4, -0.2) is 88.9 Å². The highest BCUT2D eigenvalue weighted by molar-refractivity contribution is 7.89. The van der Waals surface area contributed by atoms with E-state index in [4.69, 9.17) is 23.7 Å². The fourth-order valence-corrected chi connectivity index (χ4v) is 7.26. The number of esters is 1. The fourth-order valence-electron chi connectivity index (χ4n) is 5.64. The lowest BCUT2D eigenvalue weighted by atomic mass is 9.90. The number of aliphatic hydroxyl groups is 1. The maximum Gasteiger partial charge on any atom is 0.306 e. The Hall–Kier alpha value is -2.54. The zero-order valence-electron chi connectivity index (χ0n) is 24.8. The van der Waals surface area contributed by atoms with Crippen molar-refractivity contribution in [2.45, 2.75) is 62.6 Å². The zero-order valence-corrected chi connectivity index (χ0v) is 25.6. The molecule has 2 aromatic rings. The molecule has 2 saturated heterocycles. The second-order valence-electron chi connectivity index (χ2n) is 11.4. The van der Waals surface area contributed by atoms with Crippen molar-refractivity contribution in [3.63, 3.8) is 0 Å². The van der Waals surface area contributed by atoms with Gasteiger partial charge in [0.2, 0.25) is 10.0 Å². The molecule has 2 aliphatic rings. The molecule has 0 aromatic heterocycles. The average Bonchev–Trinajstić information content (AvgIpc) is 3.41. The van der Waals surface area contributed by atoms with Crippen LogP contribution in [0.5, 0.6) is 5.75 Å². The summed E-state index contributed by atoms with van der Waals surface area (Å²) >= 11 is 0. The summed E-state index contributed by atoms with van der Waals surface area (Å²) in [6, 6.07) is 15.7. The quantitative estimate of drug-likeness (QED) is 0.324. The van der Waals surface area contributed by atoms with Crippen molar-refractivity contribution in [3.05, 3.63) is 60.2 Å². The summed E-state index contributed by atoms with van der Waals surface area (Å²) in [6.45, 7) is 4.64. The molecule has 0 spiro atoms. The van der Waals surface area contributed by atoms with Gasteiger partial charge < -0.3 is 28.8 Å². The number of hydrogen-bond donors (Lipinski definition) is 1. The van der Waals surface area contributed by atoms with E-state index in [0.29, 0.717) is 31.8 Å². The highest BCUT2D eigenvalue weighted by Crippen LogP contribution is 2.35. The second-order valence-corrected chi connectivity index (χ2v) is 13.3. The van der Waals surface area contributed by atoms with Crippen molar-refractivity contribution in [2.24, 2.45) is 17.8 Å². The minimum atomic E-state index is -3.93. The molecule has 2 fully saturated rings. The molecule has 1 N–H and O–H groups in total. The summed E-state index contributed by atoms with van der Waals surface area (Å²) in [5.74, 6) is -0.735. The number of ether oxygens (including phenoxy) is 5. The van der Waals surface area contributed by atoms with Gasteiger partial charge in [0.05, 0.1) is 49.8 Å². The topological polar surface area (TPSA) is 121 Å². The van der Waals surface area contributed by atoms with Gasteiger partial charge in [0, 0.05) is 32.5 Å². The summed E-state index contributed by atoms with van der Waals surface area (Å²) in [7, 11) is -0.822. The number of benzene rings is 2. The van der Waals surface area contributed by atoms with Crippen LogP contribution in [0, 0.1) is 17.8 Å². The van der Waals surface area contributed by atoms with Crippen LogP contribution in [-0.2, 0) is 40.2 Å². The molecule has 0 amide bonds. The molecule has 6 atom stereocenters. The molecule has 10 nitrogen and oxygen atoms in total. The van der Waals surface area contributed by atoms with Gasteiger partial charge in [-0.15, -0.1) is 0 Å². The first-order valence-electron chi connectivity index (χ1n) is 14.4. The van der Waals surface area contributed by atoms with Gasteiger partial charge in [-0.05, 0) is 42.2 Å². The Kier molecular flexibility index (Phi) is 11.4. The van der Waals surface area contributed by atoms with E-state index < -0.39 is 40.4 Å². The largest absolute Gasteiger partial charge is 0.497 e. The Bertz CT molecular complexity index is 1230. The molecule has 0 bridgehead atoms. The first kappa shape index (κ1) is 32.4. The minimum Gasteiger partial charge on any atom is -0.497 e.